The number of hydrogen-bond donors (Lipinski definition) is 1. The minimum absolute atomic E-state index is 0.000159. The van der Waals surface area contributed by atoms with Gasteiger partial charge in [-0.1, -0.05) is 19.3 Å². The first-order valence-electron chi connectivity index (χ1n) is 7.77. The molecule has 3 atom stereocenters. The van der Waals surface area contributed by atoms with E-state index in [1.807, 2.05) is 0 Å². The fraction of sp³-hybridized carbons (Fsp3) is 1.00. The Hall–Kier alpha value is -0.0800. The molecule has 2 nitrogen and oxygen atoms in total. The molecule has 1 saturated heterocycles. The third-order valence-electron chi connectivity index (χ3n) is 5.45. The SMILES string of the molecule is OC1CCCC1CN1CCCC1C1CCCC1. The second-order valence-electron chi connectivity index (χ2n) is 6.51. The van der Waals surface area contributed by atoms with Gasteiger partial charge in [-0.05, 0) is 56.9 Å². The van der Waals surface area contributed by atoms with E-state index < -0.39 is 0 Å². The van der Waals surface area contributed by atoms with E-state index in [-0.39, 0.29) is 6.10 Å². The first-order valence-corrected chi connectivity index (χ1v) is 7.77. The van der Waals surface area contributed by atoms with Gasteiger partial charge in [-0.25, -0.2) is 0 Å². The summed E-state index contributed by atoms with van der Waals surface area (Å²) in [6, 6.07) is 0.866. The summed E-state index contributed by atoms with van der Waals surface area (Å²) in [7, 11) is 0. The van der Waals surface area contributed by atoms with Gasteiger partial charge in [0, 0.05) is 12.6 Å². The van der Waals surface area contributed by atoms with Crippen LogP contribution in [0, 0.1) is 11.8 Å². The van der Waals surface area contributed by atoms with E-state index in [1.54, 1.807) is 0 Å². The normalized spacial score (nSPS) is 40.4. The van der Waals surface area contributed by atoms with E-state index in [0.29, 0.717) is 5.92 Å². The predicted molar refractivity (Wildman–Crippen MR) is 69.9 cm³/mol. The molecule has 0 bridgehead atoms. The van der Waals surface area contributed by atoms with Crippen molar-refractivity contribution in [2.75, 3.05) is 13.1 Å². The van der Waals surface area contributed by atoms with Gasteiger partial charge in [-0.15, -0.1) is 0 Å². The topological polar surface area (TPSA) is 23.5 Å². The Kier molecular flexibility index (Phi) is 3.72. The minimum atomic E-state index is -0.000159. The Labute approximate surface area is 105 Å². The molecule has 1 aliphatic heterocycles. The van der Waals surface area contributed by atoms with Crippen LogP contribution in [-0.4, -0.2) is 35.2 Å². The Bertz CT molecular complexity index is 249. The molecule has 2 heteroatoms. The van der Waals surface area contributed by atoms with Crippen LogP contribution in [-0.2, 0) is 0 Å². The first-order chi connectivity index (χ1) is 8.34. The van der Waals surface area contributed by atoms with E-state index in [9.17, 15) is 5.11 Å². The predicted octanol–water partition coefficient (Wildman–Crippen LogP) is 2.80. The third kappa shape index (κ3) is 2.53. The van der Waals surface area contributed by atoms with Crippen molar-refractivity contribution in [3.05, 3.63) is 0 Å². The molecular formula is C15H27NO. The molecule has 17 heavy (non-hydrogen) atoms. The number of likely N-dealkylation sites (tertiary alicyclic amines) is 1. The quantitative estimate of drug-likeness (QED) is 0.816. The zero-order valence-corrected chi connectivity index (χ0v) is 11.0. The fourth-order valence-corrected chi connectivity index (χ4v) is 4.49. The van der Waals surface area contributed by atoms with Crippen LogP contribution >= 0.6 is 0 Å². The Morgan fingerprint density at radius 1 is 0.882 bits per heavy atom. The van der Waals surface area contributed by atoms with E-state index in [0.717, 1.165) is 18.4 Å². The maximum Gasteiger partial charge on any atom is 0.0580 e. The van der Waals surface area contributed by atoms with E-state index in [1.165, 1.54) is 64.5 Å². The molecular weight excluding hydrogens is 210 g/mol. The van der Waals surface area contributed by atoms with Crippen molar-refractivity contribution >= 4 is 0 Å². The summed E-state index contributed by atoms with van der Waals surface area (Å²) in [5.41, 5.74) is 0. The first kappa shape index (κ1) is 12.0. The van der Waals surface area contributed by atoms with Gasteiger partial charge in [0.05, 0.1) is 6.10 Å². The van der Waals surface area contributed by atoms with E-state index in [4.69, 9.17) is 0 Å². The average Bonchev–Trinajstić information content (AvgIpc) is 3.02. The molecule has 1 N–H and O–H groups in total. The van der Waals surface area contributed by atoms with Gasteiger partial charge in [0.1, 0.15) is 0 Å². The largest absolute Gasteiger partial charge is 0.393 e. The van der Waals surface area contributed by atoms with Crippen molar-refractivity contribution in [3.8, 4) is 0 Å². The molecule has 2 aliphatic carbocycles. The molecule has 0 aromatic carbocycles. The number of nitrogens with zero attached hydrogens (tertiary/aromatic N) is 1. The molecule has 3 fully saturated rings. The van der Waals surface area contributed by atoms with Crippen LogP contribution in [0.4, 0.5) is 0 Å². The standard InChI is InChI=1S/C15H27NO/c17-15-9-3-7-13(15)11-16-10-4-8-14(16)12-5-1-2-6-12/h12-15,17H,1-11H2. The molecule has 1 heterocycles. The van der Waals surface area contributed by atoms with Crippen LogP contribution in [0.5, 0.6) is 0 Å². The Morgan fingerprint density at radius 2 is 1.71 bits per heavy atom. The molecule has 98 valence electrons. The van der Waals surface area contributed by atoms with Gasteiger partial charge < -0.3 is 5.11 Å². The molecule has 0 amide bonds. The maximum absolute atomic E-state index is 9.97. The summed E-state index contributed by atoms with van der Waals surface area (Å²) in [6.07, 6.45) is 12.2. The highest BCUT2D eigenvalue weighted by Gasteiger charge is 2.36. The second kappa shape index (κ2) is 5.27. The number of aliphatic hydroxyl groups excluding tert-OH is 1. The molecule has 3 aliphatic rings. The van der Waals surface area contributed by atoms with Gasteiger partial charge in [-0.3, -0.25) is 4.90 Å². The lowest BCUT2D eigenvalue weighted by Gasteiger charge is -2.32. The van der Waals surface area contributed by atoms with Crippen LogP contribution < -0.4 is 0 Å². The molecule has 0 aromatic heterocycles. The molecule has 3 unspecified atom stereocenters. The molecule has 0 radical (unpaired) electrons. The van der Waals surface area contributed by atoms with Crippen molar-refractivity contribution in [2.45, 2.75) is 69.9 Å². The minimum Gasteiger partial charge on any atom is -0.393 e. The van der Waals surface area contributed by atoms with Crippen LogP contribution in [0.1, 0.15) is 57.8 Å². The molecule has 2 saturated carbocycles. The molecule has 0 spiro atoms. The van der Waals surface area contributed by atoms with E-state index in [2.05, 4.69) is 4.90 Å². The Balaban J connectivity index is 1.57. The highest BCUT2D eigenvalue weighted by Crippen LogP contribution is 2.37. The average molecular weight is 237 g/mol. The van der Waals surface area contributed by atoms with Crippen molar-refractivity contribution in [1.82, 2.24) is 4.90 Å². The summed E-state index contributed by atoms with van der Waals surface area (Å²) in [5.74, 6) is 1.56. The lowest BCUT2D eigenvalue weighted by molar-refractivity contribution is 0.0868. The lowest BCUT2D eigenvalue weighted by atomic mass is 9.95. The lowest BCUT2D eigenvalue weighted by Crippen LogP contribution is -2.39. The van der Waals surface area contributed by atoms with Crippen molar-refractivity contribution in [3.63, 3.8) is 0 Å². The zero-order chi connectivity index (χ0) is 11.7. The van der Waals surface area contributed by atoms with Gasteiger partial charge in [0.15, 0.2) is 0 Å². The summed E-state index contributed by atoms with van der Waals surface area (Å²) < 4.78 is 0. The van der Waals surface area contributed by atoms with Gasteiger partial charge in [-0.2, -0.15) is 0 Å². The highest BCUT2D eigenvalue weighted by atomic mass is 16.3. The van der Waals surface area contributed by atoms with E-state index >= 15 is 0 Å². The van der Waals surface area contributed by atoms with Gasteiger partial charge >= 0.3 is 0 Å². The van der Waals surface area contributed by atoms with Crippen molar-refractivity contribution in [1.29, 1.82) is 0 Å². The molecule has 0 aromatic rings. The number of aliphatic hydroxyl groups is 1. The zero-order valence-electron chi connectivity index (χ0n) is 11.0. The van der Waals surface area contributed by atoms with Crippen molar-refractivity contribution in [2.24, 2.45) is 11.8 Å². The summed E-state index contributed by atoms with van der Waals surface area (Å²) in [6.45, 7) is 2.48. The monoisotopic (exact) mass is 237 g/mol. The summed E-state index contributed by atoms with van der Waals surface area (Å²) in [4.78, 5) is 2.73. The maximum atomic E-state index is 9.97. The number of rotatable bonds is 3. The van der Waals surface area contributed by atoms with Crippen LogP contribution in [0.15, 0.2) is 0 Å². The van der Waals surface area contributed by atoms with Crippen LogP contribution in [0.2, 0.25) is 0 Å². The Morgan fingerprint density at radius 3 is 2.41 bits per heavy atom. The molecule has 3 rings (SSSR count). The van der Waals surface area contributed by atoms with Crippen molar-refractivity contribution < 1.29 is 5.11 Å². The second-order valence-corrected chi connectivity index (χ2v) is 6.51. The smallest absolute Gasteiger partial charge is 0.0580 e. The summed E-state index contributed by atoms with van der Waals surface area (Å²) in [5, 5.41) is 9.97. The fourth-order valence-electron chi connectivity index (χ4n) is 4.49. The third-order valence-corrected chi connectivity index (χ3v) is 5.45. The van der Waals surface area contributed by atoms with Gasteiger partial charge in [0.2, 0.25) is 0 Å². The summed E-state index contributed by atoms with van der Waals surface area (Å²) >= 11 is 0. The van der Waals surface area contributed by atoms with Gasteiger partial charge in [0.25, 0.3) is 0 Å². The number of hydrogen-bond acceptors (Lipinski definition) is 2. The van der Waals surface area contributed by atoms with Crippen LogP contribution in [0.3, 0.4) is 0 Å². The highest BCUT2D eigenvalue weighted by molar-refractivity contribution is 4.90. The van der Waals surface area contributed by atoms with Crippen LogP contribution in [0.25, 0.3) is 0 Å².